The van der Waals surface area contributed by atoms with Crippen LogP contribution in [0.15, 0.2) is 18.2 Å². The number of nitrogen functional groups attached to an aromatic ring is 1. The van der Waals surface area contributed by atoms with Gasteiger partial charge in [-0.15, -0.1) is 0 Å². The predicted molar refractivity (Wildman–Crippen MR) is 57.5 cm³/mol. The van der Waals surface area contributed by atoms with E-state index < -0.39 is 17.9 Å². The van der Waals surface area contributed by atoms with Gasteiger partial charge < -0.3 is 15.2 Å². The molecule has 0 saturated heterocycles. The first kappa shape index (κ1) is 12.3. The Morgan fingerprint density at radius 3 is 2.88 bits per heavy atom. The molecule has 0 saturated carbocycles. The summed E-state index contributed by atoms with van der Waals surface area (Å²) in [7, 11) is 0. The molecule has 1 aromatic carbocycles. The number of nitrogens with two attached hydrogens (primary N) is 1. The van der Waals surface area contributed by atoms with E-state index in [-0.39, 0.29) is 18.0 Å². The highest BCUT2D eigenvalue weighted by atomic mass is 19.1. The molecule has 0 radical (unpaired) electrons. The van der Waals surface area contributed by atoms with E-state index in [2.05, 4.69) is 0 Å². The Morgan fingerprint density at radius 2 is 2.25 bits per heavy atom. The zero-order valence-corrected chi connectivity index (χ0v) is 9.20. The van der Waals surface area contributed by atoms with Crippen molar-refractivity contribution in [1.82, 2.24) is 0 Å². The fraction of sp³-hybridized carbons (Fsp3) is 0.364. The largest absolute Gasteiger partial charge is 0.477 e. The average molecular weight is 227 g/mol. The maximum absolute atomic E-state index is 12.9. The number of rotatable bonds is 4. The number of hydrogen-bond acceptors (Lipinski definition) is 4. The monoisotopic (exact) mass is 227 g/mol. The molecular formula is C11H14FNO3. The summed E-state index contributed by atoms with van der Waals surface area (Å²) in [6.07, 6.45) is -0.816. The lowest BCUT2D eigenvalue weighted by molar-refractivity contribution is -0.150. The maximum atomic E-state index is 12.9. The first-order chi connectivity index (χ1) is 7.54. The van der Waals surface area contributed by atoms with E-state index in [9.17, 15) is 9.18 Å². The molecule has 0 aromatic heterocycles. The summed E-state index contributed by atoms with van der Waals surface area (Å²) in [4.78, 5) is 11.3. The average Bonchev–Trinajstić information content (AvgIpc) is 2.23. The van der Waals surface area contributed by atoms with E-state index in [1.165, 1.54) is 19.1 Å². The highest BCUT2D eigenvalue weighted by Crippen LogP contribution is 2.23. The van der Waals surface area contributed by atoms with Crippen LogP contribution >= 0.6 is 0 Å². The van der Waals surface area contributed by atoms with Crippen molar-refractivity contribution in [2.75, 3.05) is 12.3 Å². The highest BCUT2D eigenvalue weighted by Gasteiger charge is 2.17. The molecule has 0 spiro atoms. The van der Waals surface area contributed by atoms with Crippen LogP contribution in [0.3, 0.4) is 0 Å². The normalized spacial score (nSPS) is 11.9. The third-order valence-corrected chi connectivity index (χ3v) is 1.90. The predicted octanol–water partition coefficient (Wildman–Crippen LogP) is 1.74. The second kappa shape index (κ2) is 5.34. The molecule has 0 aliphatic heterocycles. The van der Waals surface area contributed by atoms with Crippen LogP contribution in [-0.2, 0) is 9.53 Å². The first-order valence-electron chi connectivity index (χ1n) is 4.93. The molecule has 1 aromatic rings. The van der Waals surface area contributed by atoms with Gasteiger partial charge in [-0.1, -0.05) is 0 Å². The highest BCUT2D eigenvalue weighted by molar-refractivity contribution is 5.75. The summed E-state index contributed by atoms with van der Waals surface area (Å²) in [5.74, 6) is -0.841. The van der Waals surface area contributed by atoms with Crippen molar-refractivity contribution in [2.24, 2.45) is 0 Å². The van der Waals surface area contributed by atoms with Crippen LogP contribution in [-0.4, -0.2) is 18.7 Å². The van der Waals surface area contributed by atoms with Gasteiger partial charge in [0, 0.05) is 6.07 Å². The molecule has 4 nitrogen and oxygen atoms in total. The number of halogens is 1. The minimum absolute atomic E-state index is 0.139. The fourth-order valence-corrected chi connectivity index (χ4v) is 1.11. The molecule has 0 fully saturated rings. The van der Waals surface area contributed by atoms with E-state index in [1.54, 1.807) is 6.92 Å². The van der Waals surface area contributed by atoms with Gasteiger partial charge in [0.15, 0.2) is 6.10 Å². The number of ether oxygens (including phenoxy) is 2. The van der Waals surface area contributed by atoms with Crippen molar-refractivity contribution >= 4 is 11.7 Å². The number of anilines is 1. The van der Waals surface area contributed by atoms with Crippen LogP contribution in [0, 0.1) is 5.82 Å². The minimum atomic E-state index is -0.816. The van der Waals surface area contributed by atoms with Gasteiger partial charge in [0.2, 0.25) is 0 Å². The van der Waals surface area contributed by atoms with Crippen LogP contribution < -0.4 is 10.5 Å². The second-order valence-electron chi connectivity index (χ2n) is 3.19. The number of esters is 1. The molecule has 88 valence electrons. The Labute approximate surface area is 93.2 Å². The summed E-state index contributed by atoms with van der Waals surface area (Å²) in [6.45, 7) is 3.48. The lowest BCUT2D eigenvalue weighted by Gasteiger charge is -2.14. The molecular weight excluding hydrogens is 213 g/mol. The maximum Gasteiger partial charge on any atom is 0.347 e. The Kier molecular flexibility index (Phi) is 4.10. The van der Waals surface area contributed by atoms with Crippen LogP contribution in [0.2, 0.25) is 0 Å². The number of carbonyl (C=O) groups excluding carboxylic acids is 1. The van der Waals surface area contributed by atoms with Gasteiger partial charge in [-0.2, -0.15) is 0 Å². The lowest BCUT2D eigenvalue weighted by atomic mass is 10.3. The summed E-state index contributed by atoms with van der Waals surface area (Å²) in [5, 5.41) is 0. The van der Waals surface area contributed by atoms with Crippen LogP contribution in [0.5, 0.6) is 5.75 Å². The van der Waals surface area contributed by atoms with Gasteiger partial charge in [0.1, 0.15) is 11.6 Å². The SMILES string of the molecule is CCOC(=O)C(C)Oc1cc(F)ccc1N. The molecule has 0 amide bonds. The third kappa shape index (κ3) is 3.12. The molecule has 2 N–H and O–H groups in total. The van der Waals surface area contributed by atoms with Gasteiger partial charge in [0.25, 0.3) is 0 Å². The van der Waals surface area contributed by atoms with Gasteiger partial charge in [-0.05, 0) is 26.0 Å². The van der Waals surface area contributed by atoms with E-state index in [0.717, 1.165) is 6.07 Å². The molecule has 0 bridgehead atoms. The van der Waals surface area contributed by atoms with Crippen molar-refractivity contribution in [3.8, 4) is 5.75 Å². The molecule has 0 heterocycles. The van der Waals surface area contributed by atoms with E-state index in [1.807, 2.05) is 0 Å². The standard InChI is InChI=1S/C11H14FNO3/c1-3-15-11(14)7(2)16-10-6-8(12)4-5-9(10)13/h4-7H,3,13H2,1-2H3. The van der Waals surface area contributed by atoms with Gasteiger partial charge in [-0.3, -0.25) is 0 Å². The van der Waals surface area contributed by atoms with Crippen LogP contribution in [0.25, 0.3) is 0 Å². The van der Waals surface area contributed by atoms with Crippen molar-refractivity contribution in [2.45, 2.75) is 20.0 Å². The smallest absolute Gasteiger partial charge is 0.347 e. The van der Waals surface area contributed by atoms with Crippen LogP contribution in [0.4, 0.5) is 10.1 Å². The Bertz CT molecular complexity index is 381. The zero-order valence-electron chi connectivity index (χ0n) is 9.20. The first-order valence-corrected chi connectivity index (χ1v) is 4.93. The molecule has 1 unspecified atom stereocenters. The quantitative estimate of drug-likeness (QED) is 0.628. The molecule has 5 heteroatoms. The summed E-state index contributed by atoms with van der Waals surface area (Å²) in [5.41, 5.74) is 5.84. The lowest BCUT2D eigenvalue weighted by Crippen LogP contribution is -2.26. The van der Waals surface area contributed by atoms with Gasteiger partial charge >= 0.3 is 5.97 Å². The molecule has 0 aliphatic rings. The van der Waals surface area contributed by atoms with Gasteiger partial charge in [-0.25, -0.2) is 9.18 Å². The summed E-state index contributed by atoms with van der Waals surface area (Å²) >= 11 is 0. The Morgan fingerprint density at radius 1 is 1.56 bits per heavy atom. The van der Waals surface area contributed by atoms with E-state index >= 15 is 0 Å². The Hall–Kier alpha value is -1.78. The second-order valence-corrected chi connectivity index (χ2v) is 3.19. The van der Waals surface area contributed by atoms with E-state index in [0.29, 0.717) is 0 Å². The van der Waals surface area contributed by atoms with Crippen molar-refractivity contribution in [3.63, 3.8) is 0 Å². The Balaban J connectivity index is 2.72. The topological polar surface area (TPSA) is 61.5 Å². The van der Waals surface area contributed by atoms with Crippen LogP contribution in [0.1, 0.15) is 13.8 Å². The minimum Gasteiger partial charge on any atom is -0.477 e. The molecule has 1 rings (SSSR count). The number of benzene rings is 1. The summed E-state index contributed by atoms with van der Waals surface area (Å²) < 4.78 is 22.8. The molecule has 0 aliphatic carbocycles. The van der Waals surface area contributed by atoms with Crippen molar-refractivity contribution < 1.29 is 18.7 Å². The zero-order chi connectivity index (χ0) is 12.1. The number of hydrogen-bond donors (Lipinski definition) is 1. The van der Waals surface area contributed by atoms with Crippen molar-refractivity contribution in [1.29, 1.82) is 0 Å². The molecule has 1 atom stereocenters. The molecule has 16 heavy (non-hydrogen) atoms. The van der Waals surface area contributed by atoms with E-state index in [4.69, 9.17) is 15.2 Å². The number of carbonyl (C=O) groups is 1. The van der Waals surface area contributed by atoms with Crippen molar-refractivity contribution in [3.05, 3.63) is 24.0 Å². The fourth-order valence-electron chi connectivity index (χ4n) is 1.11. The third-order valence-electron chi connectivity index (χ3n) is 1.90. The summed E-state index contributed by atoms with van der Waals surface area (Å²) in [6, 6.07) is 3.73. The van der Waals surface area contributed by atoms with Gasteiger partial charge in [0.05, 0.1) is 12.3 Å².